The summed E-state index contributed by atoms with van der Waals surface area (Å²) in [6.07, 6.45) is 0. The Balaban J connectivity index is 3.37. The van der Waals surface area contributed by atoms with Gasteiger partial charge < -0.3 is 0 Å². The van der Waals surface area contributed by atoms with Gasteiger partial charge in [-0.05, 0) is 44.0 Å². The minimum atomic E-state index is 0.0677. The summed E-state index contributed by atoms with van der Waals surface area (Å²) in [5.74, 6) is 0.0677. The molecule has 1 aromatic carbocycles. The molecule has 0 atom stereocenters. The lowest BCUT2D eigenvalue weighted by molar-refractivity contribution is 0.101. The summed E-state index contributed by atoms with van der Waals surface area (Å²) in [4.78, 5) is 11.1. The molecule has 2 heteroatoms. The monoisotopic (exact) mass is 182 g/mol. The van der Waals surface area contributed by atoms with Gasteiger partial charge >= 0.3 is 0 Å². The molecule has 0 aliphatic heterocycles. The standard InChI is InChI=1S/C10H11ClO/c1-6-4-9(11)5-10(7(6)2)8(3)12/h4-5H,1-3H3. The van der Waals surface area contributed by atoms with Crippen LogP contribution in [0, 0.1) is 13.8 Å². The molecule has 1 rings (SSSR count). The Labute approximate surface area is 77.4 Å². The predicted octanol–water partition coefficient (Wildman–Crippen LogP) is 3.16. The van der Waals surface area contributed by atoms with Crippen LogP contribution in [-0.4, -0.2) is 5.78 Å². The Morgan fingerprint density at radius 2 is 1.92 bits per heavy atom. The Kier molecular flexibility index (Phi) is 2.53. The molecule has 0 bridgehead atoms. The molecule has 1 nitrogen and oxygen atoms in total. The molecule has 0 N–H and O–H groups in total. The fraction of sp³-hybridized carbons (Fsp3) is 0.300. The lowest BCUT2D eigenvalue weighted by atomic mass is 10.0. The van der Waals surface area contributed by atoms with Crippen molar-refractivity contribution in [2.24, 2.45) is 0 Å². The van der Waals surface area contributed by atoms with E-state index in [-0.39, 0.29) is 5.78 Å². The van der Waals surface area contributed by atoms with Gasteiger partial charge in [-0.2, -0.15) is 0 Å². The van der Waals surface area contributed by atoms with Gasteiger partial charge in [0.1, 0.15) is 0 Å². The third-order valence-corrected chi connectivity index (χ3v) is 2.23. The van der Waals surface area contributed by atoms with Crippen molar-refractivity contribution in [3.63, 3.8) is 0 Å². The van der Waals surface area contributed by atoms with Crippen molar-refractivity contribution in [2.75, 3.05) is 0 Å². The number of hydrogen-bond donors (Lipinski definition) is 0. The highest BCUT2D eigenvalue weighted by Gasteiger charge is 2.06. The average Bonchev–Trinajstić information content (AvgIpc) is 1.96. The van der Waals surface area contributed by atoms with Crippen LogP contribution in [0.1, 0.15) is 28.4 Å². The smallest absolute Gasteiger partial charge is 0.160 e. The molecule has 0 aliphatic carbocycles. The number of halogens is 1. The first kappa shape index (κ1) is 9.27. The first-order valence-electron chi connectivity index (χ1n) is 3.80. The number of ketones is 1. The van der Waals surface area contributed by atoms with E-state index in [1.807, 2.05) is 19.9 Å². The molecule has 64 valence electrons. The number of aryl methyl sites for hydroxylation is 1. The normalized spacial score (nSPS) is 10.0. The van der Waals surface area contributed by atoms with Crippen LogP contribution < -0.4 is 0 Å². The number of rotatable bonds is 1. The molecule has 0 aromatic heterocycles. The summed E-state index contributed by atoms with van der Waals surface area (Å²) in [7, 11) is 0. The number of benzene rings is 1. The molecule has 12 heavy (non-hydrogen) atoms. The molecule has 0 aliphatic rings. The van der Waals surface area contributed by atoms with E-state index in [9.17, 15) is 4.79 Å². The fourth-order valence-corrected chi connectivity index (χ4v) is 1.45. The van der Waals surface area contributed by atoms with Crippen molar-refractivity contribution in [2.45, 2.75) is 20.8 Å². The van der Waals surface area contributed by atoms with Crippen LogP contribution in [0.5, 0.6) is 0 Å². The second-order valence-corrected chi connectivity index (χ2v) is 3.39. The van der Waals surface area contributed by atoms with Gasteiger partial charge in [-0.3, -0.25) is 4.79 Å². The van der Waals surface area contributed by atoms with E-state index in [4.69, 9.17) is 11.6 Å². The Hall–Kier alpha value is -0.820. The van der Waals surface area contributed by atoms with Gasteiger partial charge in [0.05, 0.1) is 0 Å². The maximum atomic E-state index is 11.1. The van der Waals surface area contributed by atoms with Crippen LogP contribution >= 0.6 is 11.6 Å². The SMILES string of the molecule is CC(=O)c1cc(Cl)cc(C)c1C. The summed E-state index contributed by atoms with van der Waals surface area (Å²) < 4.78 is 0. The second-order valence-electron chi connectivity index (χ2n) is 2.95. The number of carbonyl (C=O) groups excluding carboxylic acids is 1. The van der Waals surface area contributed by atoms with E-state index >= 15 is 0 Å². The molecular formula is C10H11ClO. The minimum absolute atomic E-state index is 0.0677. The largest absolute Gasteiger partial charge is 0.295 e. The van der Waals surface area contributed by atoms with Gasteiger partial charge in [0.25, 0.3) is 0 Å². The Morgan fingerprint density at radius 3 is 2.42 bits per heavy atom. The summed E-state index contributed by atoms with van der Waals surface area (Å²) in [5.41, 5.74) is 2.81. The molecule has 0 heterocycles. The van der Waals surface area contributed by atoms with Crippen LogP contribution in [0.15, 0.2) is 12.1 Å². The lowest BCUT2D eigenvalue weighted by Crippen LogP contribution is -1.97. The van der Waals surface area contributed by atoms with Crippen molar-refractivity contribution in [3.05, 3.63) is 33.8 Å². The molecule has 0 unspecified atom stereocenters. The maximum Gasteiger partial charge on any atom is 0.160 e. The topological polar surface area (TPSA) is 17.1 Å². The summed E-state index contributed by atoms with van der Waals surface area (Å²) >= 11 is 5.81. The average molecular weight is 183 g/mol. The first-order valence-corrected chi connectivity index (χ1v) is 4.18. The number of hydrogen-bond acceptors (Lipinski definition) is 1. The zero-order valence-corrected chi connectivity index (χ0v) is 8.20. The van der Waals surface area contributed by atoms with Crippen molar-refractivity contribution in [1.29, 1.82) is 0 Å². The van der Waals surface area contributed by atoms with Gasteiger partial charge in [0, 0.05) is 10.6 Å². The molecule has 0 amide bonds. The van der Waals surface area contributed by atoms with Crippen molar-refractivity contribution in [3.8, 4) is 0 Å². The van der Waals surface area contributed by atoms with Crippen molar-refractivity contribution >= 4 is 17.4 Å². The Morgan fingerprint density at radius 1 is 1.33 bits per heavy atom. The van der Waals surface area contributed by atoms with Crippen LogP contribution in [0.25, 0.3) is 0 Å². The van der Waals surface area contributed by atoms with Gasteiger partial charge in [-0.1, -0.05) is 11.6 Å². The van der Waals surface area contributed by atoms with Crippen LogP contribution in [0.2, 0.25) is 5.02 Å². The molecule has 0 fully saturated rings. The van der Waals surface area contributed by atoms with Crippen molar-refractivity contribution in [1.82, 2.24) is 0 Å². The highest BCUT2D eigenvalue weighted by molar-refractivity contribution is 6.31. The molecule has 0 radical (unpaired) electrons. The van der Waals surface area contributed by atoms with E-state index in [0.717, 1.165) is 16.7 Å². The van der Waals surface area contributed by atoms with Crippen molar-refractivity contribution < 1.29 is 4.79 Å². The molecule has 0 saturated carbocycles. The summed E-state index contributed by atoms with van der Waals surface area (Å²) in [6, 6.07) is 3.58. The fourth-order valence-electron chi connectivity index (χ4n) is 1.18. The van der Waals surface area contributed by atoms with Crippen LogP contribution in [0.4, 0.5) is 0 Å². The third-order valence-electron chi connectivity index (χ3n) is 2.01. The van der Waals surface area contributed by atoms with Gasteiger partial charge in [0.2, 0.25) is 0 Å². The van der Waals surface area contributed by atoms with Gasteiger partial charge in [0.15, 0.2) is 5.78 Å². The lowest BCUT2D eigenvalue weighted by Gasteiger charge is -2.05. The minimum Gasteiger partial charge on any atom is -0.295 e. The highest BCUT2D eigenvalue weighted by atomic mass is 35.5. The highest BCUT2D eigenvalue weighted by Crippen LogP contribution is 2.19. The summed E-state index contributed by atoms with van der Waals surface area (Å²) in [6.45, 7) is 5.44. The molecule has 0 saturated heterocycles. The third kappa shape index (κ3) is 1.67. The maximum absolute atomic E-state index is 11.1. The first-order chi connectivity index (χ1) is 5.52. The van der Waals surface area contributed by atoms with Crippen LogP contribution in [-0.2, 0) is 0 Å². The van der Waals surface area contributed by atoms with Gasteiger partial charge in [-0.15, -0.1) is 0 Å². The van der Waals surface area contributed by atoms with E-state index in [0.29, 0.717) is 5.02 Å². The zero-order chi connectivity index (χ0) is 9.30. The summed E-state index contributed by atoms with van der Waals surface area (Å²) in [5, 5.41) is 0.628. The second kappa shape index (κ2) is 3.28. The number of Topliss-reactive ketones (excluding diaryl/α,β-unsaturated/α-hetero) is 1. The molecule has 1 aromatic rings. The van der Waals surface area contributed by atoms with Crippen LogP contribution in [0.3, 0.4) is 0 Å². The predicted molar refractivity (Wildman–Crippen MR) is 50.9 cm³/mol. The van der Waals surface area contributed by atoms with E-state index in [1.165, 1.54) is 0 Å². The number of carbonyl (C=O) groups is 1. The molecular weight excluding hydrogens is 172 g/mol. The Bertz CT molecular complexity index is 329. The quantitative estimate of drug-likeness (QED) is 0.610. The van der Waals surface area contributed by atoms with E-state index in [2.05, 4.69) is 0 Å². The van der Waals surface area contributed by atoms with E-state index < -0.39 is 0 Å². The van der Waals surface area contributed by atoms with Gasteiger partial charge in [-0.25, -0.2) is 0 Å². The van der Waals surface area contributed by atoms with E-state index in [1.54, 1.807) is 13.0 Å². The zero-order valence-electron chi connectivity index (χ0n) is 7.44. The molecule has 0 spiro atoms.